The molecule has 3 unspecified atom stereocenters. The average Bonchev–Trinajstić information content (AvgIpc) is 3.49. The SMILES string of the molecule is O=c1n(/C=C/CC2CO2)c(=O)n(/C=C/CC2CO2)c(=O)n1/C=C/CC1CO1. The lowest BCUT2D eigenvalue weighted by Gasteiger charge is -2.06. The van der Waals surface area contributed by atoms with Crippen molar-refractivity contribution in [2.24, 2.45) is 0 Å². The Morgan fingerprint density at radius 1 is 0.630 bits per heavy atom. The summed E-state index contributed by atoms with van der Waals surface area (Å²) in [6.07, 6.45) is 11.5. The molecular weight excluding hydrogens is 354 g/mol. The molecule has 0 aromatic carbocycles. The van der Waals surface area contributed by atoms with Gasteiger partial charge in [0, 0.05) is 18.6 Å². The van der Waals surface area contributed by atoms with E-state index in [-0.39, 0.29) is 18.3 Å². The Bertz CT molecular complexity index is 801. The Hall–Kier alpha value is -2.49. The van der Waals surface area contributed by atoms with Crippen LogP contribution in [0.15, 0.2) is 32.6 Å². The van der Waals surface area contributed by atoms with Crippen molar-refractivity contribution in [3.63, 3.8) is 0 Å². The standard InChI is InChI=1S/C18H21N3O6/c22-16-19(7-1-4-13-10-25-13)17(23)21(9-3-6-15-12-27-15)18(24)20(16)8-2-5-14-11-26-14/h1-3,7-9,13-15H,4-6,10-12H2/b7-1+,8-2+,9-3+. The van der Waals surface area contributed by atoms with Gasteiger partial charge in [-0.05, 0) is 19.3 Å². The van der Waals surface area contributed by atoms with Gasteiger partial charge in [-0.2, -0.15) is 0 Å². The predicted molar refractivity (Wildman–Crippen MR) is 98.3 cm³/mol. The summed E-state index contributed by atoms with van der Waals surface area (Å²) in [5.41, 5.74) is -2.12. The van der Waals surface area contributed by atoms with E-state index in [1.165, 1.54) is 18.6 Å². The van der Waals surface area contributed by atoms with Gasteiger partial charge >= 0.3 is 17.1 Å². The number of epoxide rings is 3. The molecule has 144 valence electrons. The van der Waals surface area contributed by atoms with Crippen LogP contribution in [0.4, 0.5) is 0 Å². The molecule has 3 aliphatic heterocycles. The van der Waals surface area contributed by atoms with Crippen molar-refractivity contribution in [1.29, 1.82) is 0 Å². The highest BCUT2D eigenvalue weighted by atomic mass is 16.6. The zero-order valence-electron chi connectivity index (χ0n) is 14.7. The van der Waals surface area contributed by atoms with Crippen LogP contribution < -0.4 is 17.1 Å². The maximum absolute atomic E-state index is 12.6. The molecule has 3 atom stereocenters. The van der Waals surface area contributed by atoms with E-state index in [1.54, 1.807) is 18.2 Å². The normalized spacial score (nSPS) is 26.4. The van der Waals surface area contributed by atoms with Crippen LogP contribution in [0.1, 0.15) is 19.3 Å². The monoisotopic (exact) mass is 375 g/mol. The molecule has 0 spiro atoms. The third kappa shape index (κ3) is 4.62. The molecule has 0 radical (unpaired) electrons. The molecule has 9 heteroatoms. The molecule has 3 saturated heterocycles. The molecule has 0 bridgehead atoms. The van der Waals surface area contributed by atoms with E-state index < -0.39 is 17.1 Å². The molecule has 27 heavy (non-hydrogen) atoms. The lowest BCUT2D eigenvalue weighted by atomic mass is 10.3. The van der Waals surface area contributed by atoms with E-state index in [4.69, 9.17) is 14.2 Å². The summed E-state index contributed by atoms with van der Waals surface area (Å²) in [5.74, 6) is 0. The molecular formula is C18H21N3O6. The van der Waals surface area contributed by atoms with Gasteiger partial charge in [0.1, 0.15) is 0 Å². The zero-order valence-corrected chi connectivity index (χ0v) is 14.7. The fourth-order valence-corrected chi connectivity index (χ4v) is 2.54. The summed E-state index contributed by atoms with van der Waals surface area (Å²) >= 11 is 0. The van der Waals surface area contributed by atoms with Crippen LogP contribution in [0.5, 0.6) is 0 Å². The third-order valence-electron chi connectivity index (χ3n) is 4.40. The van der Waals surface area contributed by atoms with Gasteiger partial charge < -0.3 is 14.2 Å². The molecule has 4 rings (SSSR count). The Kier molecular flexibility index (Phi) is 5.06. The Balaban J connectivity index is 1.68. The Morgan fingerprint density at radius 3 is 1.11 bits per heavy atom. The predicted octanol–water partition coefficient (Wildman–Crippen LogP) is -0.0495. The van der Waals surface area contributed by atoms with E-state index in [0.717, 1.165) is 13.7 Å². The zero-order chi connectivity index (χ0) is 18.8. The molecule has 9 nitrogen and oxygen atoms in total. The van der Waals surface area contributed by atoms with Crippen molar-refractivity contribution in [3.8, 4) is 0 Å². The van der Waals surface area contributed by atoms with Gasteiger partial charge in [-0.25, -0.2) is 28.1 Å². The van der Waals surface area contributed by atoms with Crippen molar-refractivity contribution in [2.75, 3.05) is 19.8 Å². The average molecular weight is 375 g/mol. The number of nitrogens with zero attached hydrogens (tertiary/aromatic N) is 3. The molecule has 3 fully saturated rings. The van der Waals surface area contributed by atoms with Gasteiger partial charge in [0.15, 0.2) is 0 Å². The smallest absolute Gasteiger partial charge is 0.344 e. The first-order chi connectivity index (χ1) is 13.1. The van der Waals surface area contributed by atoms with Crippen LogP contribution in [-0.2, 0) is 14.2 Å². The minimum Gasteiger partial charge on any atom is -0.373 e. The van der Waals surface area contributed by atoms with E-state index in [1.807, 2.05) is 0 Å². The molecule has 1 aromatic heterocycles. The quantitative estimate of drug-likeness (QED) is 0.561. The molecule has 1 aromatic rings. The van der Waals surface area contributed by atoms with Crippen LogP contribution in [0.2, 0.25) is 0 Å². The fourth-order valence-electron chi connectivity index (χ4n) is 2.54. The highest BCUT2D eigenvalue weighted by Crippen LogP contribution is 2.14. The minimum absolute atomic E-state index is 0.141. The third-order valence-corrected chi connectivity index (χ3v) is 4.40. The lowest BCUT2D eigenvalue weighted by Crippen LogP contribution is -2.50. The van der Waals surface area contributed by atoms with Gasteiger partial charge in [-0.1, -0.05) is 18.2 Å². The highest BCUT2D eigenvalue weighted by Gasteiger charge is 2.22. The van der Waals surface area contributed by atoms with Gasteiger partial charge in [-0.15, -0.1) is 0 Å². The maximum Gasteiger partial charge on any atom is 0.344 e. The first kappa shape index (κ1) is 17.9. The Labute approximate surface area is 154 Å². The Morgan fingerprint density at radius 2 is 0.889 bits per heavy atom. The summed E-state index contributed by atoms with van der Waals surface area (Å²) in [6, 6.07) is 0. The summed E-state index contributed by atoms with van der Waals surface area (Å²) in [6.45, 7) is 2.04. The molecule has 0 amide bonds. The van der Waals surface area contributed by atoms with Gasteiger partial charge in [0.25, 0.3) is 0 Å². The van der Waals surface area contributed by atoms with Crippen molar-refractivity contribution in [3.05, 3.63) is 49.7 Å². The van der Waals surface area contributed by atoms with Crippen molar-refractivity contribution in [2.45, 2.75) is 37.6 Å². The van der Waals surface area contributed by atoms with Crippen LogP contribution in [0, 0.1) is 0 Å². The van der Waals surface area contributed by atoms with Crippen LogP contribution in [0.25, 0.3) is 18.6 Å². The molecule has 0 aliphatic carbocycles. The van der Waals surface area contributed by atoms with Crippen LogP contribution >= 0.6 is 0 Å². The largest absolute Gasteiger partial charge is 0.373 e. The van der Waals surface area contributed by atoms with Crippen molar-refractivity contribution in [1.82, 2.24) is 13.7 Å². The lowest BCUT2D eigenvalue weighted by molar-refractivity contribution is 0.410. The summed E-state index contributed by atoms with van der Waals surface area (Å²) < 4.78 is 18.1. The van der Waals surface area contributed by atoms with E-state index in [2.05, 4.69) is 0 Å². The summed E-state index contributed by atoms with van der Waals surface area (Å²) in [5, 5.41) is 0. The maximum atomic E-state index is 12.6. The van der Waals surface area contributed by atoms with Crippen molar-refractivity contribution < 1.29 is 14.2 Å². The van der Waals surface area contributed by atoms with Crippen LogP contribution in [-0.4, -0.2) is 51.8 Å². The van der Waals surface area contributed by atoms with E-state index >= 15 is 0 Å². The van der Waals surface area contributed by atoms with Crippen molar-refractivity contribution >= 4 is 18.6 Å². The number of hydrogen-bond acceptors (Lipinski definition) is 6. The summed E-state index contributed by atoms with van der Waals surface area (Å²) in [4.78, 5) is 37.9. The highest BCUT2D eigenvalue weighted by molar-refractivity contribution is 5.29. The molecule has 4 heterocycles. The number of aromatic nitrogens is 3. The summed E-state index contributed by atoms with van der Waals surface area (Å²) in [7, 11) is 0. The van der Waals surface area contributed by atoms with E-state index in [9.17, 15) is 14.4 Å². The van der Waals surface area contributed by atoms with Gasteiger partial charge in [0.2, 0.25) is 0 Å². The van der Waals surface area contributed by atoms with E-state index in [0.29, 0.717) is 39.1 Å². The first-order valence-electron chi connectivity index (χ1n) is 8.98. The minimum atomic E-state index is -0.707. The fraction of sp³-hybridized carbons (Fsp3) is 0.500. The van der Waals surface area contributed by atoms with Gasteiger partial charge in [0.05, 0.1) is 38.1 Å². The van der Waals surface area contributed by atoms with Gasteiger partial charge in [-0.3, -0.25) is 0 Å². The van der Waals surface area contributed by atoms with Crippen LogP contribution in [0.3, 0.4) is 0 Å². The molecule has 3 aliphatic rings. The second kappa shape index (κ2) is 7.63. The second-order valence-corrected chi connectivity index (χ2v) is 6.69. The number of hydrogen-bond donors (Lipinski definition) is 0. The molecule has 0 N–H and O–H groups in total. The number of ether oxygens (including phenoxy) is 3. The second-order valence-electron chi connectivity index (χ2n) is 6.69. The number of rotatable bonds is 9. The molecule has 0 saturated carbocycles. The first-order valence-corrected chi connectivity index (χ1v) is 8.98. The topological polar surface area (TPSA) is 104 Å².